The van der Waals surface area contributed by atoms with Crippen LogP contribution in [0.5, 0.6) is 0 Å². The smallest absolute Gasteiger partial charge is 0.377 e. The zero-order valence-electron chi connectivity index (χ0n) is 9.75. The van der Waals surface area contributed by atoms with Gasteiger partial charge in [-0.05, 0) is 24.8 Å². The van der Waals surface area contributed by atoms with E-state index in [0.717, 1.165) is 31.6 Å². The molecule has 0 saturated heterocycles. The monoisotopic (exact) mass is 232 g/mol. The molecule has 0 spiro atoms. The molecule has 0 rings (SSSR count). The molecule has 0 heterocycles. The van der Waals surface area contributed by atoms with Gasteiger partial charge < -0.3 is 13.3 Å². The summed E-state index contributed by atoms with van der Waals surface area (Å²) in [5, 5.41) is 0. The maximum atomic E-state index is 10.3. The predicted octanol–water partition coefficient (Wildman–Crippen LogP) is 1.79. The number of carbonyl (C=O) groups is 1. The summed E-state index contributed by atoms with van der Waals surface area (Å²) in [6.07, 6.45) is 3.34. The Morgan fingerprint density at radius 3 is 2.13 bits per heavy atom. The van der Waals surface area contributed by atoms with Crippen molar-refractivity contribution in [2.45, 2.75) is 25.3 Å². The molecular formula is C10H20O4Si. The lowest BCUT2D eigenvalue weighted by molar-refractivity contribution is -0.105. The van der Waals surface area contributed by atoms with Crippen LogP contribution >= 0.6 is 0 Å². The number of carbonyl (C=O) groups excluding carboxylic acids is 1. The quantitative estimate of drug-likeness (QED) is 0.263. The molecule has 0 aromatic heterocycles. The molecule has 0 unspecified atom stereocenters. The van der Waals surface area contributed by atoms with Crippen LogP contribution in [0.2, 0.25) is 6.04 Å². The fourth-order valence-electron chi connectivity index (χ4n) is 1.31. The van der Waals surface area contributed by atoms with Crippen molar-refractivity contribution in [2.24, 2.45) is 0 Å². The first-order chi connectivity index (χ1) is 7.14. The molecule has 0 fully saturated rings. The molecule has 0 bridgehead atoms. The first-order valence-corrected chi connectivity index (χ1v) is 6.85. The number of hydrogen-bond acceptors (Lipinski definition) is 4. The summed E-state index contributed by atoms with van der Waals surface area (Å²) in [6, 6.07) is 0.767. The molecule has 0 aliphatic carbocycles. The molecule has 88 valence electrons. The fraction of sp³-hybridized carbons (Fsp3) is 0.700. The molecule has 0 aromatic carbocycles. The van der Waals surface area contributed by atoms with Crippen LogP contribution in [0.3, 0.4) is 0 Å². The van der Waals surface area contributed by atoms with Crippen molar-refractivity contribution in [1.29, 1.82) is 0 Å². The van der Waals surface area contributed by atoms with Crippen LogP contribution < -0.4 is 0 Å². The molecule has 0 aliphatic rings. The van der Waals surface area contributed by atoms with Gasteiger partial charge in [0, 0.05) is 27.4 Å². The van der Waals surface area contributed by atoms with Crippen LogP contribution in [0.15, 0.2) is 12.2 Å². The lowest BCUT2D eigenvalue weighted by Crippen LogP contribution is -2.42. The van der Waals surface area contributed by atoms with Crippen LogP contribution in [-0.4, -0.2) is 36.4 Å². The summed E-state index contributed by atoms with van der Waals surface area (Å²) in [5.74, 6) is 0. The predicted molar refractivity (Wildman–Crippen MR) is 60.6 cm³/mol. The summed E-state index contributed by atoms with van der Waals surface area (Å²) < 4.78 is 15.8. The molecule has 15 heavy (non-hydrogen) atoms. The molecule has 0 N–H and O–H groups in total. The lowest BCUT2D eigenvalue weighted by Gasteiger charge is -2.24. The van der Waals surface area contributed by atoms with E-state index in [1.807, 2.05) is 0 Å². The van der Waals surface area contributed by atoms with Crippen molar-refractivity contribution in [2.75, 3.05) is 21.3 Å². The number of aldehydes is 1. The van der Waals surface area contributed by atoms with Gasteiger partial charge >= 0.3 is 8.80 Å². The molecule has 0 atom stereocenters. The summed E-state index contributed by atoms with van der Waals surface area (Å²) in [7, 11) is 2.38. The van der Waals surface area contributed by atoms with Gasteiger partial charge in [0.05, 0.1) is 0 Å². The molecule has 0 amide bonds. The van der Waals surface area contributed by atoms with Crippen LogP contribution in [0.25, 0.3) is 0 Å². The van der Waals surface area contributed by atoms with E-state index in [4.69, 9.17) is 13.3 Å². The molecule has 0 saturated carbocycles. The average Bonchev–Trinajstić information content (AvgIpc) is 2.30. The number of allylic oxidation sites excluding steroid dienone is 1. The average molecular weight is 232 g/mol. The van der Waals surface area contributed by atoms with Crippen molar-refractivity contribution in [3.63, 3.8) is 0 Å². The van der Waals surface area contributed by atoms with Crippen molar-refractivity contribution >= 4 is 15.1 Å². The van der Waals surface area contributed by atoms with E-state index in [0.29, 0.717) is 5.57 Å². The largest absolute Gasteiger partial charge is 0.500 e. The molecule has 5 heteroatoms. The van der Waals surface area contributed by atoms with Gasteiger partial charge in [0.1, 0.15) is 6.29 Å². The first-order valence-electron chi connectivity index (χ1n) is 4.92. The minimum absolute atomic E-state index is 0.634. The van der Waals surface area contributed by atoms with Crippen LogP contribution in [0.4, 0.5) is 0 Å². The Kier molecular flexibility index (Phi) is 7.50. The van der Waals surface area contributed by atoms with E-state index >= 15 is 0 Å². The minimum atomic E-state index is -2.42. The van der Waals surface area contributed by atoms with Crippen LogP contribution in [0, 0.1) is 0 Å². The maximum Gasteiger partial charge on any atom is 0.500 e. The summed E-state index contributed by atoms with van der Waals surface area (Å²) in [4.78, 5) is 10.3. The van der Waals surface area contributed by atoms with Gasteiger partial charge in [-0.15, -0.1) is 0 Å². The highest BCUT2D eigenvalue weighted by atomic mass is 28.4. The third-order valence-electron chi connectivity index (χ3n) is 2.33. The third-order valence-corrected chi connectivity index (χ3v) is 5.16. The molecule has 0 aromatic rings. The highest BCUT2D eigenvalue weighted by Gasteiger charge is 2.36. The zero-order chi connectivity index (χ0) is 11.7. The van der Waals surface area contributed by atoms with Gasteiger partial charge in [-0.2, -0.15) is 0 Å². The molecular weight excluding hydrogens is 212 g/mol. The van der Waals surface area contributed by atoms with E-state index < -0.39 is 8.80 Å². The maximum absolute atomic E-state index is 10.3. The van der Waals surface area contributed by atoms with Crippen LogP contribution in [-0.2, 0) is 18.1 Å². The van der Waals surface area contributed by atoms with Gasteiger partial charge in [0.15, 0.2) is 0 Å². The first kappa shape index (κ1) is 14.5. The Labute approximate surface area is 92.6 Å². The fourth-order valence-corrected chi connectivity index (χ4v) is 3.10. The van der Waals surface area contributed by atoms with Gasteiger partial charge in [0.25, 0.3) is 0 Å². The van der Waals surface area contributed by atoms with E-state index in [2.05, 4.69) is 6.58 Å². The Bertz CT molecular complexity index is 193. The Hall–Kier alpha value is -0.493. The SMILES string of the molecule is C=C(C=O)CCCC[Si](OC)(OC)OC. The number of hydrogen-bond donors (Lipinski definition) is 0. The highest BCUT2D eigenvalue weighted by molar-refractivity contribution is 6.60. The van der Waals surface area contributed by atoms with Crippen molar-refractivity contribution in [3.8, 4) is 0 Å². The highest BCUT2D eigenvalue weighted by Crippen LogP contribution is 2.17. The van der Waals surface area contributed by atoms with E-state index in [1.54, 1.807) is 21.3 Å². The second-order valence-electron chi connectivity index (χ2n) is 3.28. The van der Waals surface area contributed by atoms with Crippen molar-refractivity contribution in [3.05, 3.63) is 12.2 Å². The number of unbranched alkanes of at least 4 members (excludes halogenated alkanes) is 1. The summed E-state index contributed by atoms with van der Waals surface area (Å²) in [5.41, 5.74) is 0.634. The van der Waals surface area contributed by atoms with Gasteiger partial charge in [-0.1, -0.05) is 6.58 Å². The van der Waals surface area contributed by atoms with Gasteiger partial charge in [-0.3, -0.25) is 4.79 Å². The number of rotatable bonds is 9. The van der Waals surface area contributed by atoms with Crippen LogP contribution in [0.1, 0.15) is 19.3 Å². The normalized spacial score (nSPS) is 11.4. The lowest BCUT2D eigenvalue weighted by atomic mass is 10.1. The second kappa shape index (κ2) is 7.75. The van der Waals surface area contributed by atoms with Crippen molar-refractivity contribution < 1.29 is 18.1 Å². The van der Waals surface area contributed by atoms with Gasteiger partial charge in [-0.25, -0.2) is 0 Å². The second-order valence-corrected chi connectivity index (χ2v) is 6.37. The molecule has 4 nitrogen and oxygen atoms in total. The molecule has 0 aliphatic heterocycles. The minimum Gasteiger partial charge on any atom is -0.377 e. The zero-order valence-corrected chi connectivity index (χ0v) is 10.7. The van der Waals surface area contributed by atoms with Gasteiger partial charge in [0.2, 0.25) is 0 Å². The van der Waals surface area contributed by atoms with E-state index in [-0.39, 0.29) is 0 Å². The Morgan fingerprint density at radius 1 is 1.20 bits per heavy atom. The standard InChI is InChI=1S/C10H20O4Si/c1-10(9-11)7-5-6-8-15(12-2,13-3)14-4/h9H,1,5-8H2,2-4H3. The Balaban J connectivity index is 3.81. The summed E-state index contributed by atoms with van der Waals surface area (Å²) >= 11 is 0. The third kappa shape index (κ3) is 5.22. The molecule has 0 radical (unpaired) electrons. The van der Waals surface area contributed by atoms with E-state index in [9.17, 15) is 4.79 Å². The topological polar surface area (TPSA) is 44.8 Å². The Morgan fingerprint density at radius 2 is 1.73 bits per heavy atom. The van der Waals surface area contributed by atoms with E-state index in [1.165, 1.54) is 0 Å². The summed E-state index contributed by atoms with van der Waals surface area (Å²) in [6.45, 7) is 3.62. The van der Waals surface area contributed by atoms with Crippen molar-refractivity contribution in [1.82, 2.24) is 0 Å².